The summed E-state index contributed by atoms with van der Waals surface area (Å²) in [6, 6.07) is 5.36. The van der Waals surface area contributed by atoms with Crippen molar-refractivity contribution in [3.8, 4) is 5.75 Å². The number of rotatable bonds is 6. The van der Waals surface area contributed by atoms with Gasteiger partial charge in [-0.3, -0.25) is 0 Å². The monoisotopic (exact) mass is 524 g/mol. The molecule has 37 heavy (non-hydrogen) atoms. The number of anilines is 2. The highest BCUT2D eigenvalue weighted by molar-refractivity contribution is 5.79. The molecule has 0 amide bonds. The summed E-state index contributed by atoms with van der Waals surface area (Å²) in [6.07, 6.45) is 0.874. The third-order valence-corrected chi connectivity index (χ3v) is 5.71. The quantitative estimate of drug-likeness (QED) is 0.451. The molecule has 2 aromatic heterocycles. The van der Waals surface area contributed by atoms with Crippen LogP contribution < -0.4 is 15.0 Å². The van der Waals surface area contributed by atoms with Crippen LogP contribution in [0.4, 0.5) is 29.2 Å². The third kappa shape index (κ3) is 7.61. The second-order valence-corrected chi connectivity index (χ2v) is 8.85. The van der Waals surface area contributed by atoms with Gasteiger partial charge in [-0.2, -0.15) is 23.4 Å². The Bertz CT molecular complexity index is 1220. The topological polar surface area (TPSA) is 113 Å². The smallest absolute Gasteiger partial charge is 0.490 e. The average molecular weight is 525 g/mol. The molecule has 0 atom stereocenters. The third-order valence-electron chi connectivity index (χ3n) is 5.71. The number of carboxylic acid groups (broad SMARTS) is 1. The summed E-state index contributed by atoms with van der Waals surface area (Å²) in [6.45, 7) is 5.87. The minimum Gasteiger partial charge on any atom is -0.497 e. The van der Waals surface area contributed by atoms with Gasteiger partial charge in [-0.05, 0) is 50.7 Å². The van der Waals surface area contributed by atoms with Gasteiger partial charge in [-0.25, -0.2) is 19.2 Å². The first-order valence-corrected chi connectivity index (χ1v) is 11.6. The lowest BCUT2D eigenvalue weighted by molar-refractivity contribution is -0.192. The molecule has 1 aromatic carbocycles. The molecule has 3 heterocycles. The molecule has 1 saturated heterocycles. The van der Waals surface area contributed by atoms with E-state index in [-0.39, 0.29) is 11.9 Å². The van der Waals surface area contributed by atoms with Crippen LogP contribution in [0.15, 0.2) is 30.6 Å². The van der Waals surface area contributed by atoms with Crippen LogP contribution in [-0.4, -0.2) is 63.7 Å². The number of halogens is 4. The van der Waals surface area contributed by atoms with E-state index in [9.17, 15) is 17.6 Å². The number of ether oxygens (including phenoxy) is 1. The average Bonchev–Trinajstić information content (AvgIpc) is 2.85. The number of carboxylic acids is 1. The number of nitrogens with zero attached hydrogens (tertiary/aromatic N) is 5. The molecule has 200 valence electrons. The van der Waals surface area contributed by atoms with E-state index in [1.807, 2.05) is 12.1 Å². The van der Waals surface area contributed by atoms with Gasteiger partial charge in [0.2, 0.25) is 0 Å². The Labute approximate surface area is 210 Å². The number of aromatic nitrogens is 4. The summed E-state index contributed by atoms with van der Waals surface area (Å²) in [7, 11) is 1.55. The number of methoxy groups -OCH3 is 1. The lowest BCUT2D eigenvalue weighted by Crippen LogP contribution is -2.36. The molecule has 0 bridgehead atoms. The summed E-state index contributed by atoms with van der Waals surface area (Å²) in [4.78, 5) is 20.7. The van der Waals surface area contributed by atoms with E-state index in [0.29, 0.717) is 11.7 Å². The number of hydrogen-bond donors (Lipinski definition) is 2. The van der Waals surface area contributed by atoms with Crippen molar-refractivity contribution >= 4 is 28.6 Å². The highest BCUT2D eigenvalue weighted by Gasteiger charge is 2.38. The molecule has 9 nitrogen and oxygen atoms in total. The molecule has 0 radical (unpaired) electrons. The summed E-state index contributed by atoms with van der Waals surface area (Å²) < 4.78 is 51.2. The van der Waals surface area contributed by atoms with Crippen LogP contribution in [0.3, 0.4) is 0 Å². The lowest BCUT2D eigenvalue weighted by atomic mass is 9.90. The maximum atomic E-state index is 14.3. The van der Waals surface area contributed by atoms with Crippen molar-refractivity contribution in [3.63, 3.8) is 0 Å². The highest BCUT2D eigenvalue weighted by atomic mass is 19.4. The Morgan fingerprint density at radius 3 is 2.27 bits per heavy atom. The van der Waals surface area contributed by atoms with E-state index >= 15 is 0 Å². The van der Waals surface area contributed by atoms with Gasteiger partial charge in [0.15, 0.2) is 11.6 Å². The summed E-state index contributed by atoms with van der Waals surface area (Å²) in [5.74, 6) is -0.349. The van der Waals surface area contributed by atoms with E-state index in [1.54, 1.807) is 19.5 Å². The molecular weight excluding hydrogens is 496 g/mol. The van der Waals surface area contributed by atoms with Crippen molar-refractivity contribution in [2.24, 2.45) is 5.92 Å². The Balaban J connectivity index is 0.000000479. The first-order valence-electron chi connectivity index (χ1n) is 11.6. The van der Waals surface area contributed by atoms with E-state index in [4.69, 9.17) is 24.6 Å². The van der Waals surface area contributed by atoms with Gasteiger partial charge in [0, 0.05) is 25.2 Å². The fourth-order valence-corrected chi connectivity index (χ4v) is 3.89. The molecule has 0 saturated carbocycles. The second kappa shape index (κ2) is 12.0. The van der Waals surface area contributed by atoms with Crippen molar-refractivity contribution in [2.75, 3.05) is 30.4 Å². The normalized spacial score (nSPS) is 14.3. The molecule has 1 aliphatic rings. The van der Waals surface area contributed by atoms with Gasteiger partial charge >= 0.3 is 12.1 Å². The van der Waals surface area contributed by atoms with Gasteiger partial charge in [0.05, 0.1) is 19.5 Å². The first-order chi connectivity index (χ1) is 17.5. The Morgan fingerprint density at radius 2 is 1.76 bits per heavy atom. The molecule has 0 spiro atoms. The van der Waals surface area contributed by atoms with E-state index < -0.39 is 12.1 Å². The number of piperidine rings is 1. The minimum absolute atomic E-state index is 0.193. The van der Waals surface area contributed by atoms with E-state index in [0.717, 1.165) is 60.6 Å². The predicted molar refractivity (Wildman–Crippen MR) is 129 cm³/mol. The van der Waals surface area contributed by atoms with Crippen LogP contribution in [0.5, 0.6) is 5.75 Å². The number of carbonyl (C=O) groups is 1. The number of aliphatic carboxylic acids is 1. The molecule has 13 heteroatoms. The highest BCUT2D eigenvalue weighted by Crippen LogP contribution is 2.31. The van der Waals surface area contributed by atoms with Crippen molar-refractivity contribution < 1.29 is 32.2 Å². The number of benzene rings is 1. The van der Waals surface area contributed by atoms with Crippen molar-refractivity contribution in [2.45, 2.75) is 45.3 Å². The van der Waals surface area contributed by atoms with Gasteiger partial charge in [-0.15, -0.1) is 0 Å². The van der Waals surface area contributed by atoms with Gasteiger partial charge in [0.25, 0.3) is 0 Å². The molecular formula is C24H28F4N6O3. The number of nitrogens with one attached hydrogen (secondary N) is 1. The summed E-state index contributed by atoms with van der Waals surface area (Å²) >= 11 is 0. The predicted octanol–water partition coefficient (Wildman–Crippen LogP) is 4.48. The molecule has 4 rings (SSSR count). The molecule has 1 fully saturated rings. The van der Waals surface area contributed by atoms with Crippen molar-refractivity contribution in [3.05, 3.63) is 42.0 Å². The van der Waals surface area contributed by atoms with Crippen molar-refractivity contribution in [1.82, 2.24) is 20.2 Å². The summed E-state index contributed by atoms with van der Waals surface area (Å²) in [5, 5.41) is 18.4. The van der Waals surface area contributed by atoms with Crippen LogP contribution >= 0.6 is 0 Å². The first kappa shape index (κ1) is 27.8. The van der Waals surface area contributed by atoms with E-state index in [1.165, 1.54) is 6.07 Å². The van der Waals surface area contributed by atoms with Crippen LogP contribution in [0.1, 0.15) is 32.3 Å². The molecule has 0 aliphatic carbocycles. The zero-order chi connectivity index (χ0) is 27.2. The van der Waals surface area contributed by atoms with E-state index in [2.05, 4.69) is 34.3 Å². The van der Waals surface area contributed by atoms with Gasteiger partial charge in [0.1, 0.15) is 22.6 Å². The fourth-order valence-electron chi connectivity index (χ4n) is 3.89. The largest absolute Gasteiger partial charge is 0.497 e. The fraction of sp³-hybridized carbons (Fsp3) is 0.458. The van der Waals surface area contributed by atoms with Gasteiger partial charge < -0.3 is 20.1 Å². The zero-order valence-corrected chi connectivity index (χ0v) is 20.6. The molecule has 2 N–H and O–H groups in total. The maximum absolute atomic E-state index is 14.3. The van der Waals surface area contributed by atoms with Crippen LogP contribution in [0, 0.1) is 11.7 Å². The standard InChI is InChI=1S/C22H27FN6O.C2HF3O2/c1-14(2)26-21-22(28-20-13-25-24-12-19(20)27-21)29-8-6-15(7-9-29)10-16-4-5-17(30-3)11-18(16)23;3-2(4,5)1(6)7/h4-5,11-15H,6-10H2,1-3H3,(H,26,27);(H,6,7). The second-order valence-electron chi connectivity index (χ2n) is 8.85. The van der Waals surface area contributed by atoms with Crippen LogP contribution in [0.2, 0.25) is 0 Å². The molecule has 0 unspecified atom stereocenters. The number of fused-ring (bicyclic) bond motifs is 1. The van der Waals surface area contributed by atoms with Crippen LogP contribution in [-0.2, 0) is 11.2 Å². The van der Waals surface area contributed by atoms with Gasteiger partial charge in [-0.1, -0.05) is 6.07 Å². The SMILES string of the molecule is COc1ccc(CC2CCN(c3nc4cnncc4nc3NC(C)C)CC2)c(F)c1.O=C(O)C(F)(F)F. The number of hydrogen-bond acceptors (Lipinski definition) is 8. The summed E-state index contributed by atoms with van der Waals surface area (Å²) in [5.41, 5.74) is 2.21. The van der Waals surface area contributed by atoms with Crippen molar-refractivity contribution in [1.29, 1.82) is 0 Å². The maximum Gasteiger partial charge on any atom is 0.490 e. The lowest BCUT2D eigenvalue weighted by Gasteiger charge is -2.34. The molecule has 1 aliphatic heterocycles. The minimum atomic E-state index is -5.08. The Hall–Kier alpha value is -3.77. The number of alkyl halides is 3. The Kier molecular flexibility index (Phi) is 9.00. The Morgan fingerprint density at radius 1 is 1.16 bits per heavy atom. The molecule has 3 aromatic rings. The zero-order valence-electron chi connectivity index (χ0n) is 20.6. The van der Waals surface area contributed by atoms with Crippen LogP contribution in [0.25, 0.3) is 11.0 Å².